The van der Waals surface area contributed by atoms with Gasteiger partial charge in [0.05, 0.1) is 12.9 Å². The number of fused-ring (bicyclic) bond motifs is 1. The van der Waals surface area contributed by atoms with Gasteiger partial charge in [0, 0.05) is 26.1 Å². The number of hydrogen-bond donors (Lipinski definition) is 4. The van der Waals surface area contributed by atoms with Crippen LogP contribution in [0.5, 0.6) is 0 Å². The average molecular weight is 645 g/mol. The summed E-state index contributed by atoms with van der Waals surface area (Å²) in [6.45, 7) is 0.605. The van der Waals surface area contributed by atoms with E-state index in [0.717, 1.165) is 16.7 Å². The lowest BCUT2D eigenvalue weighted by molar-refractivity contribution is -0.0580. The van der Waals surface area contributed by atoms with Crippen molar-refractivity contribution in [2.24, 2.45) is 0 Å². The van der Waals surface area contributed by atoms with Crippen LogP contribution >= 0.6 is 0 Å². The first-order chi connectivity index (χ1) is 22.3. The van der Waals surface area contributed by atoms with Crippen molar-refractivity contribution in [3.8, 4) is 0 Å². The summed E-state index contributed by atoms with van der Waals surface area (Å²) >= 11 is 0. The van der Waals surface area contributed by atoms with E-state index in [9.17, 15) is 18.6 Å². The fourth-order valence-corrected chi connectivity index (χ4v) is 6.56. The van der Waals surface area contributed by atoms with Crippen LogP contribution in [0.15, 0.2) is 97.3 Å². The van der Waals surface area contributed by atoms with Crippen molar-refractivity contribution in [1.82, 2.24) is 24.2 Å². The predicted molar refractivity (Wildman–Crippen MR) is 172 cm³/mol. The van der Waals surface area contributed by atoms with Gasteiger partial charge in [-0.3, -0.25) is 4.57 Å². The number of aliphatic hydroxyl groups excluding tert-OH is 2. The number of benzene rings is 3. The first kappa shape index (κ1) is 31.7. The molecule has 13 heteroatoms. The van der Waals surface area contributed by atoms with Gasteiger partial charge in [0.2, 0.25) is 10.0 Å². The van der Waals surface area contributed by atoms with E-state index >= 15 is 0 Å². The zero-order valence-electron chi connectivity index (χ0n) is 25.2. The van der Waals surface area contributed by atoms with E-state index in [1.54, 1.807) is 0 Å². The Morgan fingerprint density at radius 3 is 2.17 bits per heavy atom. The number of hydrogen-bond acceptors (Lipinski definition) is 10. The molecule has 4 atom stereocenters. The Balaban J connectivity index is 1.35. The van der Waals surface area contributed by atoms with Gasteiger partial charge in [0.25, 0.3) is 0 Å². The lowest BCUT2D eigenvalue weighted by atomic mass is 9.91. The number of nitrogens with one attached hydrogen (secondary N) is 2. The van der Waals surface area contributed by atoms with Crippen LogP contribution in [-0.4, -0.2) is 76.7 Å². The second-order valence-corrected chi connectivity index (χ2v) is 12.9. The summed E-state index contributed by atoms with van der Waals surface area (Å²) in [5.74, 6) is -0.205. The van der Waals surface area contributed by atoms with Crippen molar-refractivity contribution >= 4 is 27.0 Å². The predicted octanol–water partition coefficient (Wildman–Crippen LogP) is 2.96. The molecule has 4 N–H and O–H groups in total. The van der Waals surface area contributed by atoms with Gasteiger partial charge >= 0.3 is 0 Å². The Kier molecular flexibility index (Phi) is 9.68. The Hall–Kier alpha value is -4.24. The van der Waals surface area contributed by atoms with E-state index in [1.165, 1.54) is 18.0 Å². The minimum absolute atomic E-state index is 0.0229. The molecular formula is C33H36N6O6S. The van der Waals surface area contributed by atoms with Crippen molar-refractivity contribution in [2.45, 2.75) is 42.8 Å². The van der Waals surface area contributed by atoms with Crippen LogP contribution < -0.4 is 10.0 Å². The Morgan fingerprint density at radius 1 is 0.913 bits per heavy atom. The molecule has 1 aliphatic heterocycles. The normalized spacial score (nSPS) is 20.0. The number of aromatic nitrogens is 4. The van der Waals surface area contributed by atoms with Crippen LogP contribution in [0, 0.1) is 0 Å². The van der Waals surface area contributed by atoms with Crippen LogP contribution in [0.4, 0.5) is 5.82 Å². The van der Waals surface area contributed by atoms with E-state index in [1.807, 2.05) is 66.7 Å². The molecule has 0 amide bonds. The second-order valence-electron chi connectivity index (χ2n) is 11.1. The number of nitrogens with zero attached hydrogens (tertiary/aromatic N) is 4. The fraction of sp³-hybridized carbons (Fsp3) is 0.303. The largest absolute Gasteiger partial charge is 0.387 e. The van der Waals surface area contributed by atoms with Gasteiger partial charge in [-0.1, -0.05) is 91.0 Å². The maximum atomic E-state index is 13.2. The van der Waals surface area contributed by atoms with E-state index in [4.69, 9.17) is 9.47 Å². The third kappa shape index (κ3) is 7.09. The van der Waals surface area contributed by atoms with Crippen LogP contribution in [0.2, 0.25) is 0 Å². The number of ether oxygens (including phenoxy) is 2. The molecule has 0 unspecified atom stereocenters. The smallest absolute Gasteiger partial charge is 0.219 e. The molecule has 0 spiro atoms. The van der Waals surface area contributed by atoms with Gasteiger partial charge in [0.1, 0.15) is 29.9 Å². The van der Waals surface area contributed by atoms with Gasteiger partial charge in [-0.05, 0) is 16.7 Å². The summed E-state index contributed by atoms with van der Waals surface area (Å²) in [5.41, 5.74) is 3.60. The standard InChI is InChI=1S/C33H36N6O6S/c1-44-19-26-29(40)30(41)33(45-26)39-21-35-28-31(34-18-25(23-13-7-3-8-14-23)24-15-9-4-10-16-24)37-27(38-32(28)39)20-46(42,43)36-17-22-11-5-2-6-12-22/h2-16,21,25-26,29-30,33,36,40-41H,17-20H2,1H3,(H,34,37,38)/t26-,29-,30-,33-/m1/s1. The molecule has 240 valence electrons. The molecule has 46 heavy (non-hydrogen) atoms. The molecule has 12 nitrogen and oxygen atoms in total. The molecule has 1 aliphatic rings. The van der Waals surface area contributed by atoms with Gasteiger partial charge in [0.15, 0.2) is 23.2 Å². The summed E-state index contributed by atoms with van der Waals surface area (Å²) in [6.07, 6.45) is -2.88. The highest BCUT2D eigenvalue weighted by Crippen LogP contribution is 2.33. The van der Waals surface area contributed by atoms with Crippen LogP contribution in [0.3, 0.4) is 0 Å². The van der Waals surface area contributed by atoms with Gasteiger partial charge in [-0.2, -0.15) is 0 Å². The molecule has 2 aromatic heterocycles. The molecular weight excluding hydrogens is 608 g/mol. The average Bonchev–Trinajstić information content (AvgIpc) is 3.61. The summed E-state index contributed by atoms with van der Waals surface area (Å²) in [5, 5.41) is 24.9. The monoisotopic (exact) mass is 644 g/mol. The van der Waals surface area contributed by atoms with E-state index < -0.39 is 40.3 Å². The summed E-state index contributed by atoms with van der Waals surface area (Å²) < 4.78 is 41.6. The second kappa shape index (κ2) is 14.0. The molecule has 6 rings (SSSR count). The minimum Gasteiger partial charge on any atom is -0.387 e. The van der Waals surface area contributed by atoms with Crippen molar-refractivity contribution < 1.29 is 28.1 Å². The molecule has 0 saturated carbocycles. The highest BCUT2D eigenvalue weighted by molar-refractivity contribution is 7.88. The fourth-order valence-electron chi connectivity index (χ4n) is 5.60. The number of rotatable bonds is 13. The van der Waals surface area contributed by atoms with Crippen molar-refractivity contribution in [3.05, 3.63) is 120 Å². The lowest BCUT2D eigenvalue weighted by Gasteiger charge is -2.20. The first-order valence-corrected chi connectivity index (χ1v) is 16.6. The molecule has 3 heterocycles. The van der Waals surface area contributed by atoms with Crippen LogP contribution in [-0.2, 0) is 31.8 Å². The van der Waals surface area contributed by atoms with Gasteiger partial charge < -0.3 is 25.0 Å². The third-order valence-electron chi connectivity index (χ3n) is 7.95. The van der Waals surface area contributed by atoms with Crippen LogP contribution in [0.1, 0.15) is 34.7 Å². The Labute approximate surface area is 267 Å². The zero-order chi connectivity index (χ0) is 32.1. The number of aliphatic hydroxyl groups is 2. The topological polar surface area (TPSA) is 161 Å². The zero-order valence-corrected chi connectivity index (χ0v) is 26.0. The number of anilines is 1. The highest BCUT2D eigenvalue weighted by Gasteiger charge is 2.44. The number of methoxy groups -OCH3 is 1. The van der Waals surface area contributed by atoms with Crippen LogP contribution in [0.25, 0.3) is 11.2 Å². The van der Waals surface area contributed by atoms with Gasteiger partial charge in [-0.25, -0.2) is 28.1 Å². The summed E-state index contributed by atoms with van der Waals surface area (Å²) in [6, 6.07) is 29.3. The Morgan fingerprint density at radius 2 is 1.54 bits per heavy atom. The molecule has 1 fully saturated rings. The van der Waals surface area contributed by atoms with E-state index in [-0.39, 0.29) is 30.5 Å². The SMILES string of the molecule is COC[C@H]1O[C@@H](n2cnc3c(NCC(c4ccccc4)c4ccccc4)nc(CS(=O)(=O)NCc4ccccc4)nc32)[C@H](O)[C@@H]1O. The molecule has 1 saturated heterocycles. The molecule has 0 radical (unpaired) electrons. The molecule has 3 aromatic carbocycles. The number of imidazole rings is 1. The minimum atomic E-state index is -3.86. The quantitative estimate of drug-likeness (QED) is 0.150. The lowest BCUT2D eigenvalue weighted by Crippen LogP contribution is -2.33. The number of sulfonamides is 1. The van der Waals surface area contributed by atoms with Crippen molar-refractivity contribution in [1.29, 1.82) is 0 Å². The molecule has 5 aromatic rings. The molecule has 0 aliphatic carbocycles. The maximum absolute atomic E-state index is 13.2. The highest BCUT2D eigenvalue weighted by atomic mass is 32.2. The summed E-state index contributed by atoms with van der Waals surface area (Å²) in [7, 11) is -2.38. The Bertz CT molecular complexity index is 1800. The van der Waals surface area contributed by atoms with E-state index in [0.29, 0.717) is 17.9 Å². The maximum Gasteiger partial charge on any atom is 0.219 e. The van der Waals surface area contributed by atoms with Crippen molar-refractivity contribution in [3.63, 3.8) is 0 Å². The summed E-state index contributed by atoms with van der Waals surface area (Å²) in [4.78, 5) is 13.7. The van der Waals surface area contributed by atoms with Crippen molar-refractivity contribution in [2.75, 3.05) is 25.6 Å². The third-order valence-corrected chi connectivity index (χ3v) is 9.17. The van der Waals surface area contributed by atoms with Gasteiger partial charge in [-0.15, -0.1) is 0 Å². The molecule has 0 bridgehead atoms. The van der Waals surface area contributed by atoms with E-state index in [2.05, 4.69) is 49.3 Å². The first-order valence-electron chi connectivity index (χ1n) is 14.9.